The quantitative estimate of drug-likeness (QED) is 0.482. The minimum atomic E-state index is 1.09. The van der Waals surface area contributed by atoms with Crippen LogP contribution in [0.1, 0.15) is 11.1 Å². The SMILES string of the molecule is [C](=Cc1ccccc1)c1cccc2c1[nH]c1ccccc12. The van der Waals surface area contributed by atoms with E-state index in [4.69, 9.17) is 0 Å². The van der Waals surface area contributed by atoms with Crippen LogP contribution in [0.4, 0.5) is 0 Å². The Morgan fingerprint density at radius 3 is 2.38 bits per heavy atom. The van der Waals surface area contributed by atoms with E-state index in [1.165, 1.54) is 16.3 Å². The van der Waals surface area contributed by atoms with Gasteiger partial charge in [0.2, 0.25) is 0 Å². The molecule has 0 fully saturated rings. The van der Waals surface area contributed by atoms with Crippen LogP contribution in [0.5, 0.6) is 0 Å². The molecule has 99 valence electrons. The molecule has 1 N–H and O–H groups in total. The van der Waals surface area contributed by atoms with Crippen molar-refractivity contribution < 1.29 is 0 Å². The predicted octanol–water partition coefficient (Wildman–Crippen LogP) is 5.19. The van der Waals surface area contributed by atoms with E-state index in [0.717, 1.165) is 16.6 Å². The number of aromatic nitrogens is 1. The first-order valence-corrected chi connectivity index (χ1v) is 7.06. The Hall–Kier alpha value is -2.80. The lowest BCUT2D eigenvalue weighted by Gasteiger charge is -1.97. The maximum Gasteiger partial charge on any atom is 0.0544 e. The number of rotatable bonds is 2. The maximum absolute atomic E-state index is 3.50. The second-order valence-electron chi connectivity index (χ2n) is 5.10. The topological polar surface area (TPSA) is 15.8 Å². The summed E-state index contributed by atoms with van der Waals surface area (Å²) in [6.07, 6.45) is 5.44. The van der Waals surface area contributed by atoms with Crippen LogP contribution in [0.2, 0.25) is 0 Å². The lowest BCUT2D eigenvalue weighted by molar-refractivity contribution is 1.51. The summed E-state index contributed by atoms with van der Waals surface area (Å²) in [5.41, 5.74) is 4.56. The molecule has 0 saturated carbocycles. The molecule has 1 aromatic heterocycles. The Balaban J connectivity index is 1.87. The van der Waals surface area contributed by atoms with E-state index in [9.17, 15) is 0 Å². The molecule has 0 unspecified atom stereocenters. The second-order valence-corrected chi connectivity index (χ2v) is 5.10. The van der Waals surface area contributed by atoms with Crippen LogP contribution in [0.25, 0.3) is 27.9 Å². The Morgan fingerprint density at radius 1 is 0.714 bits per heavy atom. The van der Waals surface area contributed by atoms with Crippen LogP contribution in [0.15, 0.2) is 72.8 Å². The third-order valence-electron chi connectivity index (χ3n) is 3.74. The van der Waals surface area contributed by atoms with Crippen molar-refractivity contribution in [2.45, 2.75) is 0 Å². The van der Waals surface area contributed by atoms with E-state index in [2.05, 4.69) is 65.7 Å². The zero-order valence-electron chi connectivity index (χ0n) is 11.5. The van der Waals surface area contributed by atoms with Gasteiger partial charge in [0.25, 0.3) is 0 Å². The maximum atomic E-state index is 3.50. The van der Waals surface area contributed by atoms with E-state index < -0.39 is 0 Å². The molecule has 1 nitrogen and oxygen atoms in total. The molecule has 0 aliphatic heterocycles. The zero-order chi connectivity index (χ0) is 14.1. The van der Waals surface area contributed by atoms with Crippen LogP contribution >= 0.6 is 0 Å². The molecule has 0 saturated heterocycles. The number of para-hydroxylation sites is 2. The minimum Gasteiger partial charge on any atom is -0.354 e. The summed E-state index contributed by atoms with van der Waals surface area (Å²) in [4.78, 5) is 3.50. The van der Waals surface area contributed by atoms with Gasteiger partial charge in [-0.05, 0) is 23.8 Å². The average Bonchev–Trinajstić information content (AvgIpc) is 2.93. The highest BCUT2D eigenvalue weighted by atomic mass is 14.7. The Bertz CT molecular complexity index is 930. The fraction of sp³-hybridized carbons (Fsp3) is 0. The zero-order valence-corrected chi connectivity index (χ0v) is 11.5. The van der Waals surface area contributed by atoms with Crippen LogP contribution in [0.3, 0.4) is 0 Å². The summed E-state index contributed by atoms with van der Waals surface area (Å²) < 4.78 is 0. The van der Waals surface area contributed by atoms with Gasteiger partial charge in [-0.3, -0.25) is 0 Å². The smallest absolute Gasteiger partial charge is 0.0544 e. The summed E-state index contributed by atoms with van der Waals surface area (Å²) in [5.74, 6) is 0. The van der Waals surface area contributed by atoms with Gasteiger partial charge in [-0.2, -0.15) is 0 Å². The summed E-state index contributed by atoms with van der Waals surface area (Å²) >= 11 is 0. The van der Waals surface area contributed by atoms with Gasteiger partial charge in [0.05, 0.1) is 5.52 Å². The molecule has 4 aromatic rings. The van der Waals surface area contributed by atoms with Crippen LogP contribution in [-0.4, -0.2) is 4.98 Å². The van der Waals surface area contributed by atoms with Gasteiger partial charge in [-0.25, -0.2) is 0 Å². The lowest BCUT2D eigenvalue weighted by Crippen LogP contribution is -1.78. The third kappa shape index (κ3) is 2.13. The van der Waals surface area contributed by atoms with Crippen LogP contribution in [-0.2, 0) is 0 Å². The number of benzene rings is 3. The number of hydrogen-bond acceptors (Lipinski definition) is 0. The molecule has 3 aromatic carbocycles. The van der Waals surface area contributed by atoms with Crippen molar-refractivity contribution >= 4 is 27.9 Å². The molecule has 0 aliphatic rings. The first kappa shape index (κ1) is 12.0. The monoisotopic (exact) mass is 268 g/mol. The minimum absolute atomic E-state index is 1.09. The van der Waals surface area contributed by atoms with Crippen molar-refractivity contribution in [1.82, 2.24) is 4.98 Å². The normalized spacial score (nSPS) is 11.6. The lowest BCUT2D eigenvalue weighted by atomic mass is 10.1. The summed E-state index contributed by atoms with van der Waals surface area (Å²) in [5, 5.41) is 2.51. The Morgan fingerprint density at radius 2 is 1.48 bits per heavy atom. The van der Waals surface area contributed by atoms with Crippen LogP contribution < -0.4 is 0 Å². The summed E-state index contributed by atoms with van der Waals surface area (Å²) in [6.45, 7) is 0. The number of hydrogen-bond donors (Lipinski definition) is 1. The summed E-state index contributed by atoms with van der Waals surface area (Å²) in [7, 11) is 0. The van der Waals surface area contributed by atoms with Gasteiger partial charge in [0.1, 0.15) is 0 Å². The Labute approximate surface area is 123 Å². The Kier molecular flexibility index (Phi) is 2.82. The number of fused-ring (bicyclic) bond motifs is 3. The number of nitrogens with one attached hydrogen (secondary N) is 1. The molecule has 21 heavy (non-hydrogen) atoms. The van der Waals surface area contributed by atoms with E-state index in [1.807, 2.05) is 24.3 Å². The van der Waals surface area contributed by atoms with E-state index >= 15 is 0 Å². The highest BCUT2D eigenvalue weighted by molar-refractivity contribution is 6.08. The molecular weight excluding hydrogens is 254 g/mol. The van der Waals surface area contributed by atoms with Gasteiger partial charge in [0.15, 0.2) is 0 Å². The molecule has 4 rings (SSSR count). The van der Waals surface area contributed by atoms with Gasteiger partial charge in [-0.1, -0.05) is 66.7 Å². The van der Waals surface area contributed by atoms with Crippen molar-refractivity contribution in [2.75, 3.05) is 0 Å². The molecule has 1 radical (unpaired) electrons. The van der Waals surface area contributed by atoms with Crippen molar-refractivity contribution in [2.24, 2.45) is 0 Å². The van der Waals surface area contributed by atoms with Gasteiger partial charge < -0.3 is 4.98 Å². The predicted molar refractivity (Wildman–Crippen MR) is 89.1 cm³/mol. The average molecular weight is 268 g/mol. The first-order valence-electron chi connectivity index (χ1n) is 7.06. The largest absolute Gasteiger partial charge is 0.354 e. The van der Waals surface area contributed by atoms with Crippen molar-refractivity contribution in [3.63, 3.8) is 0 Å². The third-order valence-corrected chi connectivity index (χ3v) is 3.74. The van der Waals surface area contributed by atoms with E-state index in [-0.39, 0.29) is 0 Å². The standard InChI is InChI=1S/C20H14N/c1-2-7-15(8-3-1)13-14-16-9-6-11-18-17-10-4-5-12-19(17)21-20(16)18/h1-13,21H. The number of H-pyrrole nitrogens is 1. The van der Waals surface area contributed by atoms with Gasteiger partial charge in [-0.15, -0.1) is 0 Å². The summed E-state index contributed by atoms with van der Waals surface area (Å²) in [6, 6.07) is 25.0. The fourth-order valence-electron chi connectivity index (χ4n) is 2.70. The van der Waals surface area contributed by atoms with E-state index in [0.29, 0.717) is 0 Å². The molecule has 0 atom stereocenters. The molecule has 0 aliphatic carbocycles. The highest BCUT2D eigenvalue weighted by Gasteiger charge is 2.05. The van der Waals surface area contributed by atoms with Crippen molar-refractivity contribution in [3.05, 3.63) is 90.0 Å². The molecular formula is C20H14N. The van der Waals surface area contributed by atoms with Crippen LogP contribution in [0, 0.1) is 6.08 Å². The first-order chi connectivity index (χ1) is 10.4. The van der Waals surface area contributed by atoms with Gasteiger partial charge in [0, 0.05) is 21.9 Å². The molecule has 0 spiro atoms. The van der Waals surface area contributed by atoms with Gasteiger partial charge >= 0.3 is 0 Å². The van der Waals surface area contributed by atoms with Crippen molar-refractivity contribution in [3.8, 4) is 0 Å². The second kappa shape index (κ2) is 4.95. The van der Waals surface area contributed by atoms with E-state index in [1.54, 1.807) is 0 Å². The van der Waals surface area contributed by atoms with Crippen molar-refractivity contribution in [1.29, 1.82) is 0 Å². The molecule has 1 heteroatoms. The fourth-order valence-corrected chi connectivity index (χ4v) is 2.70. The number of aromatic amines is 1. The molecule has 1 heterocycles. The highest BCUT2D eigenvalue weighted by Crippen LogP contribution is 2.27. The molecule has 0 amide bonds. The molecule has 0 bridgehead atoms.